The van der Waals surface area contributed by atoms with Crippen molar-refractivity contribution in [1.82, 2.24) is 0 Å². The van der Waals surface area contributed by atoms with Crippen LogP contribution in [-0.2, 0) is 14.4 Å². The normalized spacial score (nSPS) is 11.6. The highest BCUT2D eigenvalue weighted by atomic mass is 32.2. The van der Waals surface area contributed by atoms with Gasteiger partial charge in [0, 0.05) is 46.6 Å². The number of benzene rings is 2. The molecule has 8 nitrogen and oxygen atoms in total. The molecule has 0 aliphatic heterocycles. The molecule has 0 fully saturated rings. The molecule has 2 amide bonds. The number of hydrogen-bond donors (Lipinski definition) is 3. The van der Waals surface area contributed by atoms with E-state index >= 15 is 0 Å². The Morgan fingerprint density at radius 2 is 1.53 bits per heavy atom. The van der Waals surface area contributed by atoms with Crippen LogP contribution >= 0.6 is 11.8 Å². The first-order chi connectivity index (χ1) is 14.3. The molecule has 9 heteroatoms. The van der Waals surface area contributed by atoms with Crippen molar-refractivity contribution in [2.75, 3.05) is 24.9 Å². The second kappa shape index (κ2) is 10.9. The number of carboxylic acid groups (broad SMARTS) is 1. The largest absolute Gasteiger partial charge is 0.497 e. The van der Waals surface area contributed by atoms with Crippen LogP contribution in [0.3, 0.4) is 0 Å². The third-order valence-electron chi connectivity index (χ3n) is 3.80. The molecule has 1 unspecified atom stereocenters. The van der Waals surface area contributed by atoms with Gasteiger partial charge in [-0.05, 0) is 31.2 Å². The molecule has 2 rings (SSSR count). The summed E-state index contributed by atoms with van der Waals surface area (Å²) in [6, 6.07) is 12.0. The summed E-state index contributed by atoms with van der Waals surface area (Å²) in [7, 11) is 3.07. The van der Waals surface area contributed by atoms with E-state index in [-0.39, 0.29) is 11.2 Å². The topological polar surface area (TPSA) is 114 Å². The van der Waals surface area contributed by atoms with Gasteiger partial charge >= 0.3 is 5.97 Å². The lowest BCUT2D eigenvalue weighted by molar-refractivity contribution is -0.131. The monoisotopic (exact) mass is 430 g/mol. The lowest BCUT2D eigenvalue weighted by Gasteiger charge is -2.14. The summed E-state index contributed by atoms with van der Waals surface area (Å²) < 4.78 is 10.4. The molecule has 3 N–H and O–H groups in total. The van der Waals surface area contributed by atoms with Crippen LogP contribution in [0.2, 0.25) is 0 Å². The van der Waals surface area contributed by atoms with E-state index < -0.39 is 11.9 Å². The number of rotatable bonds is 9. The number of carbonyl (C=O) groups excluding carboxylic acids is 2. The molecule has 0 radical (unpaired) electrons. The molecular formula is C21H22N2O6S. The van der Waals surface area contributed by atoms with E-state index in [1.54, 1.807) is 49.4 Å². The van der Waals surface area contributed by atoms with Crippen molar-refractivity contribution in [2.45, 2.75) is 17.1 Å². The fourth-order valence-corrected chi connectivity index (χ4v) is 3.20. The van der Waals surface area contributed by atoms with Gasteiger partial charge in [-0.3, -0.25) is 9.59 Å². The summed E-state index contributed by atoms with van der Waals surface area (Å²) in [5.41, 5.74) is 1.08. The molecule has 0 aromatic heterocycles. The van der Waals surface area contributed by atoms with Gasteiger partial charge in [0.05, 0.1) is 19.5 Å². The van der Waals surface area contributed by atoms with Crippen LogP contribution in [-0.4, -0.2) is 42.4 Å². The molecule has 0 saturated heterocycles. The van der Waals surface area contributed by atoms with Crippen molar-refractivity contribution < 1.29 is 29.0 Å². The molecule has 0 spiro atoms. The first-order valence-corrected chi connectivity index (χ1v) is 9.71. The standard InChI is InChI=1S/C21H22N2O6S/c1-13(21(27)23-15-10-16(28-2)12-17(11-15)29-3)30-18-6-4-14(5-7-18)22-19(24)8-9-20(25)26/h4-13H,1-3H3,(H,22,24)(H,23,27)(H,25,26)/b9-8+. The van der Waals surface area contributed by atoms with E-state index in [2.05, 4.69) is 10.6 Å². The third kappa shape index (κ3) is 7.17. The molecular weight excluding hydrogens is 408 g/mol. The van der Waals surface area contributed by atoms with Gasteiger partial charge in [0.2, 0.25) is 11.8 Å². The summed E-state index contributed by atoms with van der Waals surface area (Å²) in [5, 5.41) is 13.5. The molecule has 30 heavy (non-hydrogen) atoms. The highest BCUT2D eigenvalue weighted by Gasteiger charge is 2.15. The maximum absolute atomic E-state index is 12.5. The number of amides is 2. The molecule has 0 aliphatic carbocycles. The predicted molar refractivity (Wildman–Crippen MR) is 115 cm³/mol. The van der Waals surface area contributed by atoms with Crippen LogP contribution in [0.15, 0.2) is 59.5 Å². The smallest absolute Gasteiger partial charge is 0.328 e. The van der Waals surface area contributed by atoms with Crippen molar-refractivity contribution in [3.63, 3.8) is 0 Å². The van der Waals surface area contributed by atoms with Crippen LogP contribution in [0.4, 0.5) is 11.4 Å². The Morgan fingerprint density at radius 1 is 0.933 bits per heavy atom. The molecule has 0 bridgehead atoms. The lowest BCUT2D eigenvalue weighted by atomic mass is 10.2. The third-order valence-corrected chi connectivity index (χ3v) is 4.91. The van der Waals surface area contributed by atoms with Gasteiger partial charge in [-0.1, -0.05) is 0 Å². The van der Waals surface area contributed by atoms with E-state index in [9.17, 15) is 14.4 Å². The number of thioether (sulfide) groups is 1. The Hall–Kier alpha value is -3.46. The van der Waals surface area contributed by atoms with Gasteiger partial charge in [0.25, 0.3) is 0 Å². The fraction of sp³-hybridized carbons (Fsp3) is 0.190. The van der Waals surface area contributed by atoms with Crippen LogP contribution in [0, 0.1) is 0 Å². The minimum Gasteiger partial charge on any atom is -0.497 e. The fourth-order valence-electron chi connectivity index (χ4n) is 2.33. The number of anilines is 2. The van der Waals surface area contributed by atoms with Crippen molar-refractivity contribution in [3.8, 4) is 11.5 Å². The Balaban J connectivity index is 1.95. The number of carbonyl (C=O) groups is 3. The maximum atomic E-state index is 12.5. The van der Waals surface area contributed by atoms with Gasteiger partial charge in [0.1, 0.15) is 11.5 Å². The zero-order valence-corrected chi connectivity index (χ0v) is 17.5. The molecule has 2 aromatic carbocycles. The first kappa shape index (κ1) is 22.8. The number of ether oxygens (including phenoxy) is 2. The van der Waals surface area contributed by atoms with Gasteiger partial charge in [-0.25, -0.2) is 4.79 Å². The number of hydrogen-bond acceptors (Lipinski definition) is 6. The van der Waals surface area contributed by atoms with Gasteiger partial charge in [-0.2, -0.15) is 0 Å². The Labute approximate surface area is 178 Å². The molecule has 2 aromatic rings. The molecule has 1 atom stereocenters. The SMILES string of the molecule is COc1cc(NC(=O)C(C)Sc2ccc(NC(=O)/C=C/C(=O)O)cc2)cc(OC)c1. The zero-order valence-electron chi connectivity index (χ0n) is 16.7. The van der Waals surface area contributed by atoms with Crippen molar-refractivity contribution in [2.24, 2.45) is 0 Å². The predicted octanol–water partition coefficient (Wildman–Crippen LogP) is 3.40. The van der Waals surface area contributed by atoms with E-state index in [1.807, 2.05) is 0 Å². The van der Waals surface area contributed by atoms with Crippen molar-refractivity contribution in [3.05, 3.63) is 54.6 Å². The minimum atomic E-state index is -1.20. The highest BCUT2D eigenvalue weighted by molar-refractivity contribution is 8.00. The van der Waals surface area contributed by atoms with Crippen LogP contribution in [0.5, 0.6) is 11.5 Å². The number of nitrogens with one attached hydrogen (secondary N) is 2. The Morgan fingerprint density at radius 3 is 2.07 bits per heavy atom. The molecule has 0 heterocycles. The Kier molecular flexibility index (Phi) is 8.30. The van der Waals surface area contributed by atoms with Crippen LogP contribution < -0.4 is 20.1 Å². The van der Waals surface area contributed by atoms with Crippen LogP contribution in [0.1, 0.15) is 6.92 Å². The molecule has 158 valence electrons. The summed E-state index contributed by atoms with van der Waals surface area (Å²) in [5.74, 6) is -0.788. The summed E-state index contributed by atoms with van der Waals surface area (Å²) in [4.78, 5) is 35.4. The van der Waals surface area contributed by atoms with Crippen molar-refractivity contribution in [1.29, 1.82) is 0 Å². The van der Waals surface area contributed by atoms with Gasteiger partial charge < -0.3 is 25.2 Å². The quantitative estimate of drug-likeness (QED) is 0.413. The van der Waals surface area contributed by atoms with Crippen molar-refractivity contribution >= 4 is 40.9 Å². The maximum Gasteiger partial charge on any atom is 0.328 e. The second-order valence-electron chi connectivity index (χ2n) is 6.04. The molecule has 0 saturated carbocycles. The number of aliphatic carboxylic acids is 1. The average molecular weight is 430 g/mol. The first-order valence-electron chi connectivity index (χ1n) is 8.83. The highest BCUT2D eigenvalue weighted by Crippen LogP contribution is 2.28. The Bertz CT molecular complexity index is 921. The molecule has 0 aliphatic rings. The summed E-state index contributed by atoms with van der Waals surface area (Å²) in [6.07, 6.45) is 1.70. The second-order valence-corrected chi connectivity index (χ2v) is 7.45. The lowest BCUT2D eigenvalue weighted by Crippen LogP contribution is -2.22. The number of methoxy groups -OCH3 is 2. The van der Waals surface area contributed by atoms with E-state index in [1.165, 1.54) is 26.0 Å². The van der Waals surface area contributed by atoms with E-state index in [0.717, 1.165) is 17.0 Å². The van der Waals surface area contributed by atoms with E-state index in [0.29, 0.717) is 22.9 Å². The minimum absolute atomic E-state index is 0.188. The van der Waals surface area contributed by atoms with Gasteiger partial charge in [-0.15, -0.1) is 11.8 Å². The van der Waals surface area contributed by atoms with Gasteiger partial charge in [0.15, 0.2) is 0 Å². The van der Waals surface area contributed by atoms with E-state index in [4.69, 9.17) is 14.6 Å². The average Bonchev–Trinajstić information content (AvgIpc) is 2.73. The van der Waals surface area contributed by atoms with Crippen LogP contribution in [0.25, 0.3) is 0 Å². The number of carboxylic acids is 1. The summed E-state index contributed by atoms with van der Waals surface area (Å²) >= 11 is 1.35. The summed E-state index contributed by atoms with van der Waals surface area (Å²) in [6.45, 7) is 1.78. The zero-order chi connectivity index (χ0) is 22.1.